The van der Waals surface area contributed by atoms with E-state index >= 15 is 0 Å². The van der Waals surface area contributed by atoms with Gasteiger partial charge in [0, 0.05) is 17.4 Å². The van der Waals surface area contributed by atoms with Gasteiger partial charge in [-0.2, -0.15) is 9.97 Å². The zero-order valence-electron chi connectivity index (χ0n) is 22.7. The molecule has 0 amide bonds. The highest BCUT2D eigenvalue weighted by Crippen LogP contribution is 2.64. The highest BCUT2D eigenvalue weighted by Gasteiger charge is 2.54. The summed E-state index contributed by atoms with van der Waals surface area (Å²) in [5, 5.41) is 28.0. The van der Waals surface area contributed by atoms with Gasteiger partial charge in [-0.25, -0.2) is 0 Å². The van der Waals surface area contributed by atoms with Crippen molar-refractivity contribution in [1.82, 2.24) is 9.97 Å². The number of benzene rings is 2. The molecule has 3 N–H and O–H groups in total. The van der Waals surface area contributed by atoms with Crippen LogP contribution in [0.15, 0.2) is 36.4 Å². The van der Waals surface area contributed by atoms with Gasteiger partial charge in [0.05, 0.1) is 37.6 Å². The minimum absolute atomic E-state index is 0.106. The van der Waals surface area contributed by atoms with Crippen molar-refractivity contribution in [3.05, 3.63) is 70.0 Å². The molecule has 0 aliphatic heterocycles. The van der Waals surface area contributed by atoms with E-state index in [-0.39, 0.29) is 49.5 Å². The van der Waals surface area contributed by atoms with E-state index in [0.29, 0.717) is 6.61 Å². The summed E-state index contributed by atoms with van der Waals surface area (Å²) < 4.78 is 11.9. The Hall–Kier alpha value is -3.49. The van der Waals surface area contributed by atoms with Gasteiger partial charge in [-0.05, 0) is 85.4 Å². The quantitative estimate of drug-likeness (QED) is 0.330. The molecule has 1 spiro atoms. The van der Waals surface area contributed by atoms with Gasteiger partial charge in [0.2, 0.25) is 0 Å². The Kier molecular flexibility index (Phi) is 7.60. The van der Waals surface area contributed by atoms with E-state index in [4.69, 9.17) is 9.47 Å². The SMILES string of the molecule is Cc1nc(OCC(CO)CO)nc(C)c1-c1cccc(COc2ccc3c(c2)CC2(CC2)C3CC(=O)O)c1C. The molecule has 0 radical (unpaired) electrons. The molecular formula is C31H36N2O6. The fourth-order valence-electron chi connectivity index (χ4n) is 5.95. The monoisotopic (exact) mass is 532 g/mol. The van der Waals surface area contributed by atoms with E-state index < -0.39 is 5.97 Å². The standard InChI is InChI=1S/C31H36N2O6/c1-18-22(17-38-24-7-8-26-23(11-24)13-31(9-10-31)27(26)12-28(36)37)5-4-6-25(18)29-19(2)32-30(33-20(29)3)39-16-21(14-34)15-35/h4-8,11,21,27,34-35H,9-10,12-17H2,1-3H3,(H,36,37). The summed E-state index contributed by atoms with van der Waals surface area (Å²) in [6.07, 6.45) is 3.33. The molecule has 1 heterocycles. The molecule has 1 aromatic heterocycles. The highest BCUT2D eigenvalue weighted by molar-refractivity contribution is 5.72. The number of aliphatic hydroxyl groups excluding tert-OH is 2. The lowest BCUT2D eigenvalue weighted by atomic mass is 9.87. The molecule has 0 bridgehead atoms. The van der Waals surface area contributed by atoms with Crippen LogP contribution in [0.1, 0.15) is 58.8 Å². The van der Waals surface area contributed by atoms with E-state index in [9.17, 15) is 20.1 Å². The predicted octanol–water partition coefficient (Wildman–Crippen LogP) is 4.52. The van der Waals surface area contributed by atoms with Crippen molar-refractivity contribution in [2.24, 2.45) is 11.3 Å². The van der Waals surface area contributed by atoms with Crippen LogP contribution in [0.3, 0.4) is 0 Å². The highest BCUT2D eigenvalue weighted by atomic mass is 16.5. The number of aliphatic carboxylic acids is 1. The van der Waals surface area contributed by atoms with E-state index in [1.807, 2.05) is 26.0 Å². The number of hydrogen-bond donors (Lipinski definition) is 3. The second-order valence-electron chi connectivity index (χ2n) is 11.0. The van der Waals surface area contributed by atoms with Crippen LogP contribution in [0.5, 0.6) is 11.8 Å². The largest absolute Gasteiger partial charge is 0.489 e. The second-order valence-corrected chi connectivity index (χ2v) is 11.0. The molecule has 1 saturated carbocycles. The molecule has 39 heavy (non-hydrogen) atoms. The van der Waals surface area contributed by atoms with Crippen LogP contribution in [-0.4, -0.2) is 51.1 Å². The first-order chi connectivity index (χ1) is 18.7. The minimum Gasteiger partial charge on any atom is -0.489 e. The van der Waals surface area contributed by atoms with Crippen molar-refractivity contribution < 1.29 is 29.6 Å². The molecule has 2 aliphatic rings. The maximum atomic E-state index is 11.4. The Bertz CT molecular complexity index is 1360. The lowest BCUT2D eigenvalue weighted by Gasteiger charge is -2.18. The summed E-state index contributed by atoms with van der Waals surface area (Å²) in [5.41, 5.74) is 8.21. The minimum atomic E-state index is -0.732. The Balaban J connectivity index is 1.32. The molecule has 0 saturated heterocycles. The van der Waals surface area contributed by atoms with Crippen LogP contribution >= 0.6 is 0 Å². The normalized spacial score (nSPS) is 16.9. The first kappa shape index (κ1) is 27.1. The van der Waals surface area contributed by atoms with Gasteiger partial charge in [-0.15, -0.1) is 0 Å². The summed E-state index contributed by atoms with van der Waals surface area (Å²) in [5.74, 6) is -0.204. The first-order valence-electron chi connectivity index (χ1n) is 13.5. The fraction of sp³-hybridized carbons (Fsp3) is 0.452. The molecule has 3 aromatic rings. The molecular weight excluding hydrogens is 496 g/mol. The molecule has 8 nitrogen and oxygen atoms in total. The molecule has 206 valence electrons. The Morgan fingerprint density at radius 3 is 2.41 bits per heavy atom. The van der Waals surface area contributed by atoms with Gasteiger partial charge in [0.25, 0.3) is 0 Å². The van der Waals surface area contributed by atoms with Crippen molar-refractivity contribution >= 4 is 5.97 Å². The van der Waals surface area contributed by atoms with E-state index in [1.54, 1.807) is 0 Å². The van der Waals surface area contributed by atoms with Gasteiger partial charge >= 0.3 is 12.0 Å². The van der Waals surface area contributed by atoms with E-state index in [0.717, 1.165) is 58.7 Å². The average Bonchev–Trinajstić information content (AvgIpc) is 3.61. The van der Waals surface area contributed by atoms with Gasteiger partial charge in [-0.3, -0.25) is 4.79 Å². The number of aliphatic hydroxyl groups is 2. The second kappa shape index (κ2) is 10.9. The molecule has 1 fully saturated rings. The number of nitrogens with zero attached hydrogens (tertiary/aromatic N) is 2. The average molecular weight is 533 g/mol. The summed E-state index contributed by atoms with van der Waals surface area (Å²) in [6, 6.07) is 12.5. The molecule has 5 rings (SSSR count). The number of aryl methyl sites for hydroxylation is 2. The third kappa shape index (κ3) is 5.49. The van der Waals surface area contributed by atoms with Crippen molar-refractivity contribution in [1.29, 1.82) is 0 Å². The van der Waals surface area contributed by atoms with Gasteiger partial charge < -0.3 is 24.8 Å². The van der Waals surface area contributed by atoms with Crippen molar-refractivity contribution in [2.75, 3.05) is 19.8 Å². The summed E-state index contributed by atoms with van der Waals surface area (Å²) in [7, 11) is 0. The summed E-state index contributed by atoms with van der Waals surface area (Å²) in [6.45, 7) is 6.12. The molecule has 2 aliphatic carbocycles. The van der Waals surface area contributed by atoms with Crippen LogP contribution in [0, 0.1) is 32.1 Å². The Morgan fingerprint density at radius 2 is 1.77 bits per heavy atom. The smallest absolute Gasteiger partial charge is 0.316 e. The first-order valence-corrected chi connectivity index (χ1v) is 13.5. The Labute approximate surface area is 228 Å². The van der Waals surface area contributed by atoms with Crippen molar-refractivity contribution in [3.63, 3.8) is 0 Å². The van der Waals surface area contributed by atoms with Gasteiger partial charge in [-0.1, -0.05) is 24.3 Å². The fourth-order valence-corrected chi connectivity index (χ4v) is 5.95. The zero-order valence-corrected chi connectivity index (χ0v) is 22.7. The van der Waals surface area contributed by atoms with Crippen molar-refractivity contribution in [2.45, 2.75) is 59.0 Å². The van der Waals surface area contributed by atoms with Gasteiger partial charge in [0.15, 0.2) is 0 Å². The number of fused-ring (bicyclic) bond motifs is 1. The van der Waals surface area contributed by atoms with Gasteiger partial charge in [0.1, 0.15) is 12.4 Å². The zero-order chi connectivity index (χ0) is 27.7. The molecule has 1 unspecified atom stereocenters. The number of ether oxygens (including phenoxy) is 2. The van der Waals surface area contributed by atoms with Crippen LogP contribution in [0.4, 0.5) is 0 Å². The number of carboxylic acids is 1. The van der Waals surface area contributed by atoms with Crippen LogP contribution in [-0.2, 0) is 17.8 Å². The third-order valence-electron chi connectivity index (χ3n) is 8.37. The lowest BCUT2D eigenvalue weighted by molar-refractivity contribution is -0.137. The maximum absolute atomic E-state index is 11.4. The van der Waals surface area contributed by atoms with E-state index in [2.05, 4.69) is 41.2 Å². The van der Waals surface area contributed by atoms with E-state index in [1.165, 1.54) is 11.1 Å². The number of carboxylic acid groups (broad SMARTS) is 1. The van der Waals surface area contributed by atoms with Crippen molar-refractivity contribution in [3.8, 4) is 22.9 Å². The van der Waals surface area contributed by atoms with Crippen LogP contribution < -0.4 is 9.47 Å². The van der Waals surface area contributed by atoms with Crippen LogP contribution in [0.25, 0.3) is 11.1 Å². The molecule has 8 heteroatoms. The molecule has 1 atom stereocenters. The maximum Gasteiger partial charge on any atom is 0.316 e. The topological polar surface area (TPSA) is 122 Å². The molecule has 2 aromatic carbocycles. The summed E-state index contributed by atoms with van der Waals surface area (Å²) in [4.78, 5) is 20.5. The predicted molar refractivity (Wildman–Crippen MR) is 146 cm³/mol. The number of hydrogen-bond acceptors (Lipinski definition) is 7. The third-order valence-corrected chi connectivity index (χ3v) is 8.37. The number of rotatable bonds is 11. The summed E-state index contributed by atoms with van der Waals surface area (Å²) >= 11 is 0. The number of aromatic nitrogens is 2. The Morgan fingerprint density at radius 1 is 1.05 bits per heavy atom. The lowest BCUT2D eigenvalue weighted by Crippen LogP contribution is -2.20. The van der Waals surface area contributed by atoms with Crippen LogP contribution in [0.2, 0.25) is 0 Å². The number of carbonyl (C=O) groups is 1.